The van der Waals surface area contributed by atoms with E-state index in [1.165, 1.54) is 0 Å². The van der Waals surface area contributed by atoms with Crippen LogP contribution in [-0.4, -0.2) is 35.9 Å². The number of methoxy groups -OCH3 is 1. The summed E-state index contributed by atoms with van der Waals surface area (Å²) in [5.41, 5.74) is 4.15. The molecular weight excluding hydrogens is 388 g/mol. The number of hydrogen-bond acceptors (Lipinski definition) is 3. The van der Waals surface area contributed by atoms with Gasteiger partial charge in [0, 0.05) is 12.6 Å². The fourth-order valence-corrected chi connectivity index (χ4v) is 4.20. The van der Waals surface area contributed by atoms with Gasteiger partial charge in [-0.15, -0.1) is 0 Å². The number of carbonyl (C=O) groups is 2. The maximum absolute atomic E-state index is 13.4. The molecule has 5 nitrogen and oxygen atoms in total. The van der Waals surface area contributed by atoms with E-state index in [9.17, 15) is 9.59 Å². The Morgan fingerprint density at radius 2 is 1.87 bits per heavy atom. The highest BCUT2D eigenvalue weighted by Crippen LogP contribution is 2.20. The minimum atomic E-state index is -0.551. The highest BCUT2D eigenvalue weighted by Gasteiger charge is 2.28. The molecule has 0 unspecified atom stereocenters. The van der Waals surface area contributed by atoms with Gasteiger partial charge in [0.15, 0.2) is 0 Å². The van der Waals surface area contributed by atoms with Gasteiger partial charge in [-0.2, -0.15) is 0 Å². The highest BCUT2D eigenvalue weighted by molar-refractivity contribution is 5.88. The zero-order chi connectivity index (χ0) is 22.4. The van der Waals surface area contributed by atoms with Crippen molar-refractivity contribution < 1.29 is 14.3 Å². The van der Waals surface area contributed by atoms with Crippen molar-refractivity contribution in [2.75, 3.05) is 7.11 Å². The summed E-state index contributed by atoms with van der Waals surface area (Å²) in [6.45, 7) is 6.23. The number of ether oxygens (including phenoxy) is 1. The average molecular weight is 423 g/mol. The normalized spacial score (nSPS) is 14.8. The molecule has 2 aromatic rings. The molecule has 2 aromatic carbocycles. The molecule has 0 heterocycles. The van der Waals surface area contributed by atoms with Crippen molar-refractivity contribution >= 4 is 11.8 Å². The first-order chi connectivity index (χ1) is 14.9. The van der Waals surface area contributed by atoms with Crippen LogP contribution in [0.1, 0.15) is 54.9 Å². The fourth-order valence-electron chi connectivity index (χ4n) is 4.20. The zero-order valence-corrected chi connectivity index (χ0v) is 19.1. The number of amides is 2. The third kappa shape index (κ3) is 6.09. The van der Waals surface area contributed by atoms with E-state index in [0.29, 0.717) is 6.54 Å². The second-order valence-electron chi connectivity index (χ2n) is 8.65. The van der Waals surface area contributed by atoms with E-state index < -0.39 is 6.04 Å². The summed E-state index contributed by atoms with van der Waals surface area (Å²) in [7, 11) is 1.63. The largest absolute Gasteiger partial charge is 0.497 e. The van der Waals surface area contributed by atoms with Crippen molar-refractivity contribution in [1.82, 2.24) is 10.2 Å². The smallest absolute Gasteiger partial charge is 0.242 e. The summed E-state index contributed by atoms with van der Waals surface area (Å²) < 4.78 is 5.34. The molecule has 2 amide bonds. The number of hydrogen-bond donors (Lipinski definition) is 1. The molecular formula is C26H34N2O3. The van der Waals surface area contributed by atoms with Crippen molar-refractivity contribution in [2.45, 2.75) is 71.5 Å². The van der Waals surface area contributed by atoms with Crippen molar-refractivity contribution in [1.29, 1.82) is 0 Å². The first kappa shape index (κ1) is 22.9. The summed E-state index contributed by atoms with van der Waals surface area (Å²) in [6, 6.07) is 13.5. The van der Waals surface area contributed by atoms with Crippen LogP contribution >= 0.6 is 0 Å². The van der Waals surface area contributed by atoms with Crippen LogP contribution in [0.25, 0.3) is 0 Å². The van der Waals surface area contributed by atoms with E-state index in [-0.39, 0.29) is 24.3 Å². The molecule has 31 heavy (non-hydrogen) atoms. The van der Waals surface area contributed by atoms with Gasteiger partial charge in [-0.05, 0) is 62.4 Å². The molecule has 1 N–H and O–H groups in total. The molecule has 0 spiro atoms. The number of nitrogens with one attached hydrogen (secondary N) is 1. The first-order valence-corrected chi connectivity index (χ1v) is 11.2. The van der Waals surface area contributed by atoms with Gasteiger partial charge in [0.1, 0.15) is 11.8 Å². The SMILES string of the molecule is COc1cccc(CN(C(=O)Cc2cc(C)ccc2C)[C@@H](C)C(=O)NC2CCCC2)c1. The van der Waals surface area contributed by atoms with Gasteiger partial charge in [0.05, 0.1) is 13.5 Å². The van der Waals surface area contributed by atoms with Gasteiger partial charge < -0.3 is 15.0 Å². The third-order valence-corrected chi connectivity index (χ3v) is 6.20. The number of nitrogens with zero attached hydrogens (tertiary/aromatic N) is 1. The molecule has 1 aliphatic carbocycles. The first-order valence-electron chi connectivity index (χ1n) is 11.2. The molecule has 5 heteroatoms. The molecule has 0 aromatic heterocycles. The zero-order valence-electron chi connectivity index (χ0n) is 19.1. The number of benzene rings is 2. The maximum Gasteiger partial charge on any atom is 0.242 e. The van der Waals surface area contributed by atoms with Gasteiger partial charge in [0.25, 0.3) is 0 Å². The standard InChI is InChI=1S/C26H34N2O3/c1-18-12-13-19(2)22(14-18)16-25(29)28(17-21-8-7-11-24(15-21)31-4)20(3)26(30)27-23-9-5-6-10-23/h7-8,11-15,20,23H,5-6,9-10,16-17H2,1-4H3,(H,27,30)/t20-/m0/s1. The van der Waals surface area contributed by atoms with Gasteiger partial charge in [-0.1, -0.05) is 48.7 Å². The second-order valence-corrected chi connectivity index (χ2v) is 8.65. The Bertz CT molecular complexity index is 919. The Balaban J connectivity index is 1.81. The predicted octanol–water partition coefficient (Wildman–Crippen LogP) is 4.33. The molecule has 1 fully saturated rings. The van der Waals surface area contributed by atoms with Crippen LogP contribution < -0.4 is 10.1 Å². The van der Waals surface area contributed by atoms with Crippen LogP contribution in [0.3, 0.4) is 0 Å². The second kappa shape index (κ2) is 10.5. The summed E-state index contributed by atoms with van der Waals surface area (Å²) in [5.74, 6) is 0.609. The molecule has 3 rings (SSSR count). The minimum absolute atomic E-state index is 0.0504. The lowest BCUT2D eigenvalue weighted by molar-refractivity contribution is -0.140. The van der Waals surface area contributed by atoms with E-state index in [1.54, 1.807) is 12.0 Å². The lowest BCUT2D eigenvalue weighted by atomic mass is 10.0. The van der Waals surface area contributed by atoms with Crippen molar-refractivity contribution in [3.63, 3.8) is 0 Å². The molecule has 1 atom stereocenters. The average Bonchev–Trinajstić information content (AvgIpc) is 3.27. The number of carbonyl (C=O) groups excluding carboxylic acids is 2. The molecule has 0 aliphatic heterocycles. The lowest BCUT2D eigenvalue weighted by Gasteiger charge is -2.30. The summed E-state index contributed by atoms with van der Waals surface area (Å²) in [5, 5.41) is 3.15. The predicted molar refractivity (Wildman–Crippen MR) is 123 cm³/mol. The fraction of sp³-hybridized carbons (Fsp3) is 0.462. The Morgan fingerprint density at radius 3 is 2.58 bits per heavy atom. The number of aryl methyl sites for hydroxylation is 2. The maximum atomic E-state index is 13.4. The van der Waals surface area contributed by atoms with Gasteiger partial charge in [-0.25, -0.2) is 0 Å². The third-order valence-electron chi connectivity index (χ3n) is 6.20. The molecule has 0 radical (unpaired) electrons. The van der Waals surface area contributed by atoms with Crippen LogP contribution in [0.5, 0.6) is 5.75 Å². The quantitative estimate of drug-likeness (QED) is 0.689. The van der Waals surface area contributed by atoms with E-state index in [0.717, 1.165) is 53.7 Å². The van der Waals surface area contributed by atoms with Gasteiger partial charge in [-0.3, -0.25) is 9.59 Å². The Kier molecular flexibility index (Phi) is 7.72. The highest BCUT2D eigenvalue weighted by atomic mass is 16.5. The van der Waals surface area contributed by atoms with Crippen LogP contribution in [-0.2, 0) is 22.6 Å². The number of rotatable bonds is 8. The molecule has 166 valence electrons. The van der Waals surface area contributed by atoms with Crippen LogP contribution in [0.2, 0.25) is 0 Å². The topological polar surface area (TPSA) is 58.6 Å². The molecule has 1 aliphatic rings. The lowest BCUT2D eigenvalue weighted by Crippen LogP contribution is -2.50. The Hall–Kier alpha value is -2.82. The summed E-state index contributed by atoms with van der Waals surface area (Å²) >= 11 is 0. The molecule has 1 saturated carbocycles. The molecule has 0 saturated heterocycles. The van der Waals surface area contributed by atoms with Gasteiger partial charge >= 0.3 is 0 Å². The summed E-state index contributed by atoms with van der Waals surface area (Å²) in [4.78, 5) is 28.1. The van der Waals surface area contributed by atoms with E-state index in [4.69, 9.17) is 4.74 Å². The van der Waals surface area contributed by atoms with Gasteiger partial charge in [0.2, 0.25) is 11.8 Å². The van der Waals surface area contributed by atoms with E-state index >= 15 is 0 Å². The Morgan fingerprint density at radius 1 is 1.13 bits per heavy atom. The van der Waals surface area contributed by atoms with Crippen molar-refractivity contribution in [3.8, 4) is 5.75 Å². The Labute approximate surface area is 185 Å². The van der Waals surface area contributed by atoms with E-state index in [1.807, 2.05) is 51.1 Å². The minimum Gasteiger partial charge on any atom is -0.497 e. The monoisotopic (exact) mass is 422 g/mol. The summed E-state index contributed by atoms with van der Waals surface area (Å²) in [6.07, 6.45) is 4.62. The van der Waals surface area contributed by atoms with Crippen LogP contribution in [0.4, 0.5) is 0 Å². The van der Waals surface area contributed by atoms with Crippen molar-refractivity contribution in [3.05, 3.63) is 64.7 Å². The van der Waals surface area contributed by atoms with Crippen LogP contribution in [0, 0.1) is 13.8 Å². The van der Waals surface area contributed by atoms with Crippen LogP contribution in [0.15, 0.2) is 42.5 Å². The van der Waals surface area contributed by atoms with E-state index in [2.05, 4.69) is 17.4 Å². The molecule has 0 bridgehead atoms. The van der Waals surface area contributed by atoms with Crippen molar-refractivity contribution in [2.24, 2.45) is 0 Å².